The Hall–Kier alpha value is -1.74. The molecule has 2 aromatic rings. The maximum absolute atomic E-state index is 5.42. The van der Waals surface area contributed by atoms with E-state index in [0.717, 1.165) is 30.9 Å². The van der Waals surface area contributed by atoms with Crippen LogP contribution in [0.1, 0.15) is 18.2 Å². The van der Waals surface area contributed by atoms with Crippen molar-refractivity contribution in [3.8, 4) is 5.75 Å². The summed E-state index contributed by atoms with van der Waals surface area (Å²) in [6.45, 7) is 3.09. The molecule has 0 radical (unpaired) electrons. The smallest absolute Gasteiger partial charge is 0.118 e. The molecule has 0 saturated carbocycles. The molecule has 0 bridgehead atoms. The van der Waals surface area contributed by atoms with Gasteiger partial charge in [-0.1, -0.05) is 19.1 Å². The summed E-state index contributed by atoms with van der Waals surface area (Å²) in [5.41, 5.74) is 1.30. The molecule has 1 N–H and O–H groups in total. The third kappa shape index (κ3) is 4.14. The van der Waals surface area contributed by atoms with E-state index in [1.165, 1.54) is 5.56 Å². The third-order valence-corrected chi connectivity index (χ3v) is 3.16. The van der Waals surface area contributed by atoms with Crippen LogP contribution in [0.2, 0.25) is 0 Å². The van der Waals surface area contributed by atoms with Crippen molar-refractivity contribution in [2.24, 2.45) is 0 Å². The van der Waals surface area contributed by atoms with Gasteiger partial charge in [-0.15, -0.1) is 0 Å². The average molecular weight is 259 g/mol. The monoisotopic (exact) mass is 259 g/mol. The van der Waals surface area contributed by atoms with Crippen molar-refractivity contribution in [1.82, 2.24) is 5.32 Å². The Morgan fingerprint density at radius 1 is 1.16 bits per heavy atom. The summed E-state index contributed by atoms with van der Waals surface area (Å²) in [5.74, 6) is 1.93. The molecule has 1 unspecified atom stereocenters. The van der Waals surface area contributed by atoms with E-state index in [9.17, 15) is 0 Å². The van der Waals surface area contributed by atoms with Crippen molar-refractivity contribution in [1.29, 1.82) is 0 Å². The van der Waals surface area contributed by atoms with E-state index >= 15 is 0 Å². The minimum atomic E-state index is 0.393. The molecule has 3 nitrogen and oxygen atoms in total. The van der Waals surface area contributed by atoms with Gasteiger partial charge in [0.15, 0.2) is 0 Å². The lowest BCUT2D eigenvalue weighted by atomic mass is 10.0. The first-order valence-electron chi connectivity index (χ1n) is 6.70. The topological polar surface area (TPSA) is 34.4 Å². The largest absolute Gasteiger partial charge is 0.497 e. The van der Waals surface area contributed by atoms with Gasteiger partial charge in [0.25, 0.3) is 0 Å². The molecule has 102 valence electrons. The fourth-order valence-corrected chi connectivity index (χ4v) is 2.22. The van der Waals surface area contributed by atoms with Gasteiger partial charge in [0.2, 0.25) is 0 Å². The van der Waals surface area contributed by atoms with E-state index < -0.39 is 0 Å². The van der Waals surface area contributed by atoms with Crippen LogP contribution in [0.3, 0.4) is 0 Å². The number of nitrogens with one attached hydrogen (secondary N) is 1. The molecule has 0 fully saturated rings. The highest BCUT2D eigenvalue weighted by molar-refractivity contribution is 5.27. The van der Waals surface area contributed by atoms with E-state index in [2.05, 4.69) is 24.4 Å². The van der Waals surface area contributed by atoms with Gasteiger partial charge in [-0.2, -0.15) is 0 Å². The van der Waals surface area contributed by atoms with Crippen LogP contribution in [-0.2, 0) is 12.8 Å². The van der Waals surface area contributed by atoms with E-state index in [1.807, 2.05) is 24.3 Å². The van der Waals surface area contributed by atoms with Gasteiger partial charge in [-0.05, 0) is 42.8 Å². The molecule has 1 aromatic carbocycles. The molecule has 0 aliphatic carbocycles. The number of ether oxygens (including phenoxy) is 1. The maximum Gasteiger partial charge on any atom is 0.118 e. The van der Waals surface area contributed by atoms with Gasteiger partial charge in [0, 0.05) is 12.5 Å². The summed E-state index contributed by atoms with van der Waals surface area (Å²) in [5, 5.41) is 3.51. The quantitative estimate of drug-likeness (QED) is 0.830. The number of methoxy groups -OCH3 is 1. The standard InChI is InChI=1S/C16H21NO2/c1-3-17-14(12-16-5-4-10-19-16)11-13-6-8-15(18-2)9-7-13/h4-10,14,17H,3,11-12H2,1-2H3. The number of hydrogen-bond acceptors (Lipinski definition) is 3. The fourth-order valence-electron chi connectivity index (χ4n) is 2.22. The van der Waals surface area contributed by atoms with Gasteiger partial charge in [-0.25, -0.2) is 0 Å². The molecule has 0 spiro atoms. The molecule has 0 amide bonds. The normalized spacial score (nSPS) is 12.3. The molecule has 1 heterocycles. The Kier molecular flexibility index (Phi) is 5.04. The molecule has 2 rings (SSSR count). The van der Waals surface area contributed by atoms with Crippen molar-refractivity contribution in [3.63, 3.8) is 0 Å². The summed E-state index contributed by atoms with van der Waals surface area (Å²) in [7, 11) is 1.69. The molecule has 0 aliphatic rings. The molecule has 19 heavy (non-hydrogen) atoms. The van der Waals surface area contributed by atoms with Crippen LogP contribution in [0.25, 0.3) is 0 Å². The Bertz CT molecular complexity index is 462. The Morgan fingerprint density at radius 2 is 1.95 bits per heavy atom. The van der Waals surface area contributed by atoms with Gasteiger partial charge >= 0.3 is 0 Å². The van der Waals surface area contributed by atoms with E-state index in [0.29, 0.717) is 6.04 Å². The van der Waals surface area contributed by atoms with E-state index in [-0.39, 0.29) is 0 Å². The van der Waals surface area contributed by atoms with Crippen molar-refractivity contribution in [2.75, 3.05) is 13.7 Å². The minimum absolute atomic E-state index is 0.393. The molecule has 3 heteroatoms. The molecular weight excluding hydrogens is 238 g/mol. The predicted molar refractivity (Wildman–Crippen MR) is 76.6 cm³/mol. The first-order valence-corrected chi connectivity index (χ1v) is 6.70. The van der Waals surface area contributed by atoms with Crippen LogP contribution < -0.4 is 10.1 Å². The Morgan fingerprint density at radius 3 is 2.53 bits per heavy atom. The molecule has 1 atom stereocenters. The first-order chi connectivity index (χ1) is 9.31. The van der Waals surface area contributed by atoms with Gasteiger partial charge < -0.3 is 14.5 Å². The fraction of sp³-hybridized carbons (Fsp3) is 0.375. The SMILES string of the molecule is CCNC(Cc1ccc(OC)cc1)Cc1ccco1. The molecular formula is C16H21NO2. The second-order valence-corrected chi connectivity index (χ2v) is 4.59. The lowest BCUT2D eigenvalue weighted by Crippen LogP contribution is -2.32. The van der Waals surface area contributed by atoms with Crippen molar-refractivity contribution >= 4 is 0 Å². The van der Waals surface area contributed by atoms with Crippen molar-refractivity contribution < 1.29 is 9.15 Å². The summed E-state index contributed by atoms with van der Waals surface area (Å²) in [6, 6.07) is 12.6. The highest BCUT2D eigenvalue weighted by Crippen LogP contribution is 2.14. The van der Waals surface area contributed by atoms with Crippen molar-refractivity contribution in [3.05, 3.63) is 54.0 Å². The number of benzene rings is 1. The summed E-state index contributed by atoms with van der Waals surface area (Å²) >= 11 is 0. The first kappa shape index (κ1) is 13.7. The maximum atomic E-state index is 5.42. The second kappa shape index (κ2) is 7.00. The number of likely N-dealkylation sites (N-methyl/N-ethyl adjacent to an activating group) is 1. The Labute approximate surface area is 114 Å². The number of hydrogen-bond donors (Lipinski definition) is 1. The number of rotatable bonds is 7. The molecule has 1 aromatic heterocycles. The van der Waals surface area contributed by atoms with Crippen LogP contribution >= 0.6 is 0 Å². The van der Waals surface area contributed by atoms with Crippen LogP contribution in [0, 0.1) is 0 Å². The van der Waals surface area contributed by atoms with E-state index in [1.54, 1.807) is 13.4 Å². The predicted octanol–water partition coefficient (Wildman–Crippen LogP) is 3.05. The third-order valence-electron chi connectivity index (χ3n) is 3.16. The lowest BCUT2D eigenvalue weighted by Gasteiger charge is -2.17. The van der Waals surface area contributed by atoms with Gasteiger partial charge in [0.05, 0.1) is 13.4 Å². The average Bonchev–Trinajstić information content (AvgIpc) is 2.93. The van der Waals surface area contributed by atoms with Crippen molar-refractivity contribution in [2.45, 2.75) is 25.8 Å². The van der Waals surface area contributed by atoms with Gasteiger partial charge in [-0.3, -0.25) is 0 Å². The lowest BCUT2D eigenvalue weighted by molar-refractivity contribution is 0.414. The van der Waals surface area contributed by atoms with E-state index in [4.69, 9.17) is 9.15 Å². The summed E-state index contributed by atoms with van der Waals surface area (Å²) < 4.78 is 10.6. The zero-order valence-electron chi connectivity index (χ0n) is 11.6. The summed E-state index contributed by atoms with van der Waals surface area (Å²) in [4.78, 5) is 0. The van der Waals surface area contributed by atoms with Crippen LogP contribution in [0.5, 0.6) is 5.75 Å². The summed E-state index contributed by atoms with van der Waals surface area (Å²) in [6.07, 6.45) is 3.62. The minimum Gasteiger partial charge on any atom is -0.497 e. The van der Waals surface area contributed by atoms with Crippen LogP contribution in [0.15, 0.2) is 47.1 Å². The zero-order valence-corrected chi connectivity index (χ0v) is 11.6. The Balaban J connectivity index is 1.98. The zero-order chi connectivity index (χ0) is 13.5. The molecule has 0 aliphatic heterocycles. The van der Waals surface area contributed by atoms with Crippen LogP contribution in [0.4, 0.5) is 0 Å². The number of furan rings is 1. The van der Waals surface area contributed by atoms with Gasteiger partial charge in [0.1, 0.15) is 11.5 Å². The highest BCUT2D eigenvalue weighted by Gasteiger charge is 2.11. The molecule has 0 saturated heterocycles. The second-order valence-electron chi connectivity index (χ2n) is 4.59. The highest BCUT2D eigenvalue weighted by atomic mass is 16.5. The van der Waals surface area contributed by atoms with Crippen LogP contribution in [-0.4, -0.2) is 19.7 Å².